The Balaban J connectivity index is 2.94. The molecule has 0 amide bonds. The van der Waals surface area contributed by atoms with Crippen molar-refractivity contribution in [2.24, 2.45) is 11.3 Å². The highest BCUT2D eigenvalue weighted by atomic mass is 35.5. The molecule has 0 fully saturated rings. The molecule has 0 aliphatic rings. The molecular formula is C13H17ClO2. The van der Waals surface area contributed by atoms with Crippen LogP contribution in [0.25, 0.3) is 0 Å². The quantitative estimate of drug-likeness (QED) is 0.876. The predicted molar refractivity (Wildman–Crippen MR) is 65.7 cm³/mol. The first-order valence-corrected chi connectivity index (χ1v) is 5.66. The fraction of sp³-hybridized carbons (Fsp3) is 0.462. The first-order chi connectivity index (χ1) is 7.32. The van der Waals surface area contributed by atoms with Crippen molar-refractivity contribution in [3.05, 3.63) is 34.9 Å². The van der Waals surface area contributed by atoms with E-state index in [1.165, 1.54) is 0 Å². The monoisotopic (exact) mass is 240 g/mol. The Hall–Kier alpha value is -1.02. The molecule has 1 N–H and O–H groups in total. The Morgan fingerprint density at radius 1 is 1.38 bits per heavy atom. The second kappa shape index (κ2) is 4.88. The highest BCUT2D eigenvalue weighted by Gasteiger charge is 2.31. The van der Waals surface area contributed by atoms with Crippen molar-refractivity contribution in [1.82, 2.24) is 0 Å². The number of carboxylic acids is 1. The van der Waals surface area contributed by atoms with Crippen LogP contribution in [0.5, 0.6) is 0 Å². The molecule has 2 nitrogen and oxygen atoms in total. The second-order valence-corrected chi connectivity index (χ2v) is 5.46. The minimum Gasteiger partial charge on any atom is -0.481 e. The van der Waals surface area contributed by atoms with Crippen LogP contribution in [0.2, 0.25) is 5.02 Å². The summed E-state index contributed by atoms with van der Waals surface area (Å²) in [5, 5.41) is 9.86. The summed E-state index contributed by atoms with van der Waals surface area (Å²) >= 11 is 6.03. The van der Waals surface area contributed by atoms with Crippen molar-refractivity contribution >= 4 is 17.6 Å². The summed E-state index contributed by atoms with van der Waals surface area (Å²) < 4.78 is 0. The van der Waals surface area contributed by atoms with Gasteiger partial charge in [0.1, 0.15) is 0 Å². The van der Waals surface area contributed by atoms with Crippen LogP contribution in [0.15, 0.2) is 24.3 Å². The Morgan fingerprint density at radius 2 is 1.94 bits per heavy atom. The fourth-order valence-electron chi connectivity index (χ4n) is 1.65. The lowest BCUT2D eigenvalue weighted by atomic mass is 9.77. The lowest BCUT2D eigenvalue weighted by Crippen LogP contribution is -2.30. The average Bonchev–Trinajstić information content (AvgIpc) is 2.14. The molecule has 3 heteroatoms. The molecule has 16 heavy (non-hydrogen) atoms. The van der Waals surface area contributed by atoms with Crippen molar-refractivity contribution in [2.75, 3.05) is 0 Å². The van der Waals surface area contributed by atoms with Gasteiger partial charge in [0.25, 0.3) is 0 Å². The molecule has 0 aliphatic heterocycles. The third kappa shape index (κ3) is 3.24. The summed E-state index contributed by atoms with van der Waals surface area (Å²) in [6.45, 7) is 5.80. The van der Waals surface area contributed by atoms with Crippen LogP contribution in [0.3, 0.4) is 0 Å². The van der Waals surface area contributed by atoms with E-state index in [2.05, 4.69) is 0 Å². The minimum absolute atomic E-state index is 0.273. The molecule has 0 bridgehead atoms. The van der Waals surface area contributed by atoms with E-state index in [-0.39, 0.29) is 5.41 Å². The molecule has 0 saturated heterocycles. The average molecular weight is 241 g/mol. The number of aliphatic carboxylic acids is 1. The first kappa shape index (κ1) is 13.0. The molecule has 1 aromatic rings. The summed E-state index contributed by atoms with van der Waals surface area (Å²) in [7, 11) is 0. The molecule has 0 heterocycles. The van der Waals surface area contributed by atoms with Crippen LogP contribution in [0.4, 0.5) is 0 Å². The van der Waals surface area contributed by atoms with Gasteiger partial charge in [0.05, 0.1) is 5.92 Å². The Kier molecular flexibility index (Phi) is 3.98. The third-order valence-corrected chi connectivity index (χ3v) is 3.09. The van der Waals surface area contributed by atoms with Gasteiger partial charge in [-0.15, -0.1) is 0 Å². The Bertz CT molecular complexity index is 380. The van der Waals surface area contributed by atoms with E-state index in [0.29, 0.717) is 11.4 Å². The molecule has 0 saturated carbocycles. The standard InChI is InChI=1S/C13H17ClO2/c1-13(2,3)10(12(15)16)8-9-6-4-5-7-11(9)14/h4-7,10H,8H2,1-3H3,(H,15,16). The van der Waals surface area contributed by atoms with Crippen molar-refractivity contribution in [1.29, 1.82) is 0 Å². The number of benzene rings is 1. The summed E-state index contributed by atoms with van der Waals surface area (Å²) in [6.07, 6.45) is 0.471. The molecule has 1 atom stereocenters. The highest BCUT2D eigenvalue weighted by Crippen LogP contribution is 2.31. The van der Waals surface area contributed by atoms with Crippen molar-refractivity contribution in [3.63, 3.8) is 0 Å². The summed E-state index contributed by atoms with van der Waals surface area (Å²) in [5.41, 5.74) is 0.622. The van der Waals surface area contributed by atoms with Gasteiger partial charge >= 0.3 is 5.97 Å². The summed E-state index contributed by atoms with van der Waals surface area (Å²) in [4.78, 5) is 11.2. The fourth-order valence-corrected chi connectivity index (χ4v) is 1.86. The molecular weight excluding hydrogens is 224 g/mol. The van der Waals surface area contributed by atoms with E-state index in [1.807, 2.05) is 39.0 Å². The van der Waals surface area contributed by atoms with Crippen LogP contribution in [-0.4, -0.2) is 11.1 Å². The number of halogens is 1. The van der Waals surface area contributed by atoms with Crippen LogP contribution in [-0.2, 0) is 11.2 Å². The lowest BCUT2D eigenvalue weighted by Gasteiger charge is -2.27. The van der Waals surface area contributed by atoms with E-state index < -0.39 is 11.9 Å². The van der Waals surface area contributed by atoms with Gasteiger partial charge in [-0.2, -0.15) is 0 Å². The maximum Gasteiger partial charge on any atom is 0.307 e. The first-order valence-electron chi connectivity index (χ1n) is 5.28. The zero-order valence-electron chi connectivity index (χ0n) is 9.83. The van der Waals surface area contributed by atoms with E-state index >= 15 is 0 Å². The van der Waals surface area contributed by atoms with E-state index in [1.54, 1.807) is 6.07 Å². The molecule has 0 aliphatic carbocycles. The van der Waals surface area contributed by atoms with Crippen LogP contribution in [0, 0.1) is 11.3 Å². The second-order valence-electron chi connectivity index (χ2n) is 5.05. The number of hydrogen-bond donors (Lipinski definition) is 1. The third-order valence-electron chi connectivity index (χ3n) is 2.73. The maximum absolute atomic E-state index is 11.2. The Labute approximate surface area is 101 Å². The topological polar surface area (TPSA) is 37.3 Å². The van der Waals surface area contributed by atoms with Crippen molar-refractivity contribution in [2.45, 2.75) is 27.2 Å². The molecule has 0 radical (unpaired) electrons. The zero-order valence-corrected chi connectivity index (χ0v) is 10.6. The maximum atomic E-state index is 11.2. The van der Waals surface area contributed by atoms with Gasteiger partial charge in [0.2, 0.25) is 0 Å². The van der Waals surface area contributed by atoms with Gasteiger partial charge in [-0.25, -0.2) is 0 Å². The molecule has 1 aromatic carbocycles. The normalized spacial score (nSPS) is 13.5. The largest absolute Gasteiger partial charge is 0.481 e. The Morgan fingerprint density at radius 3 is 2.38 bits per heavy atom. The van der Waals surface area contributed by atoms with E-state index in [4.69, 9.17) is 11.6 Å². The van der Waals surface area contributed by atoms with Gasteiger partial charge in [0.15, 0.2) is 0 Å². The van der Waals surface area contributed by atoms with Gasteiger partial charge in [-0.05, 0) is 23.5 Å². The lowest BCUT2D eigenvalue weighted by molar-refractivity contribution is -0.145. The minimum atomic E-state index is -0.771. The van der Waals surface area contributed by atoms with E-state index in [0.717, 1.165) is 5.56 Å². The molecule has 88 valence electrons. The number of carboxylic acid groups (broad SMARTS) is 1. The van der Waals surface area contributed by atoms with Crippen molar-refractivity contribution in [3.8, 4) is 0 Å². The highest BCUT2D eigenvalue weighted by molar-refractivity contribution is 6.31. The van der Waals surface area contributed by atoms with Crippen LogP contribution < -0.4 is 0 Å². The summed E-state index contributed by atoms with van der Waals surface area (Å²) in [5.74, 6) is -1.19. The van der Waals surface area contributed by atoms with Crippen LogP contribution >= 0.6 is 11.6 Å². The predicted octanol–water partition coefficient (Wildman–Crippen LogP) is 3.63. The molecule has 1 unspecified atom stereocenters. The zero-order chi connectivity index (χ0) is 12.3. The van der Waals surface area contributed by atoms with Gasteiger partial charge < -0.3 is 5.11 Å². The van der Waals surface area contributed by atoms with Crippen molar-refractivity contribution < 1.29 is 9.90 Å². The number of rotatable bonds is 3. The van der Waals surface area contributed by atoms with Crippen LogP contribution in [0.1, 0.15) is 26.3 Å². The van der Waals surface area contributed by atoms with E-state index in [9.17, 15) is 9.90 Å². The number of hydrogen-bond acceptors (Lipinski definition) is 1. The number of carbonyl (C=O) groups is 1. The van der Waals surface area contributed by atoms with Gasteiger partial charge in [-0.1, -0.05) is 50.6 Å². The molecule has 0 spiro atoms. The van der Waals surface area contributed by atoms with Gasteiger partial charge in [-0.3, -0.25) is 4.79 Å². The SMILES string of the molecule is CC(C)(C)C(Cc1ccccc1Cl)C(=O)O. The molecule has 0 aromatic heterocycles. The molecule has 1 rings (SSSR count). The van der Waals surface area contributed by atoms with Gasteiger partial charge in [0, 0.05) is 5.02 Å². The summed E-state index contributed by atoms with van der Waals surface area (Å²) in [6, 6.07) is 7.39. The smallest absolute Gasteiger partial charge is 0.307 e.